The van der Waals surface area contributed by atoms with E-state index in [-0.39, 0.29) is 29.2 Å². The Morgan fingerprint density at radius 2 is 2.10 bits per heavy atom. The maximum Gasteiger partial charge on any atom is 0.289 e. The molecule has 8 heteroatoms. The molecular formula is C13H19N3O4S. The van der Waals surface area contributed by atoms with E-state index in [0.717, 1.165) is 0 Å². The molecule has 0 spiro atoms. The maximum absolute atomic E-state index is 12.8. The fourth-order valence-corrected chi connectivity index (χ4v) is 4.80. The fourth-order valence-electron chi connectivity index (χ4n) is 2.78. The third-order valence-electron chi connectivity index (χ3n) is 3.81. The van der Waals surface area contributed by atoms with Gasteiger partial charge in [-0.05, 0) is 32.3 Å². The molecule has 1 heterocycles. The number of nitro benzene ring substituents is 1. The first kappa shape index (κ1) is 15.9. The molecule has 0 bridgehead atoms. The lowest BCUT2D eigenvalue weighted by Crippen LogP contribution is -2.48. The van der Waals surface area contributed by atoms with Crippen molar-refractivity contribution < 1.29 is 13.3 Å². The molecule has 0 saturated carbocycles. The summed E-state index contributed by atoms with van der Waals surface area (Å²) >= 11 is 0. The molecule has 2 atom stereocenters. The molecule has 2 rings (SSSR count). The highest BCUT2D eigenvalue weighted by molar-refractivity contribution is 7.89. The van der Waals surface area contributed by atoms with E-state index in [4.69, 9.17) is 5.73 Å². The Balaban J connectivity index is 2.52. The smallest absolute Gasteiger partial charge is 0.289 e. The van der Waals surface area contributed by atoms with E-state index in [1.54, 1.807) is 19.9 Å². The summed E-state index contributed by atoms with van der Waals surface area (Å²) in [6.45, 7) is 3.64. The van der Waals surface area contributed by atoms with Crippen LogP contribution in [0.2, 0.25) is 0 Å². The Kier molecular flexibility index (Phi) is 4.31. The predicted octanol–water partition coefficient (Wildman–Crippen LogP) is 1.40. The minimum Gasteiger partial charge on any atom is -0.328 e. The number of nitro groups is 1. The van der Waals surface area contributed by atoms with Gasteiger partial charge in [-0.2, -0.15) is 4.31 Å². The summed E-state index contributed by atoms with van der Waals surface area (Å²) in [4.78, 5) is 10.3. The molecule has 1 aliphatic heterocycles. The van der Waals surface area contributed by atoms with E-state index in [0.29, 0.717) is 18.4 Å². The van der Waals surface area contributed by atoms with Crippen LogP contribution in [0.5, 0.6) is 0 Å². The molecule has 21 heavy (non-hydrogen) atoms. The van der Waals surface area contributed by atoms with E-state index in [1.807, 2.05) is 0 Å². The second-order valence-electron chi connectivity index (χ2n) is 5.43. The largest absolute Gasteiger partial charge is 0.328 e. The molecule has 1 aromatic carbocycles. The zero-order chi connectivity index (χ0) is 15.8. The number of sulfonamides is 1. The van der Waals surface area contributed by atoms with Gasteiger partial charge in [-0.1, -0.05) is 12.1 Å². The van der Waals surface area contributed by atoms with Crippen LogP contribution in [-0.4, -0.2) is 36.3 Å². The van der Waals surface area contributed by atoms with Gasteiger partial charge in [-0.25, -0.2) is 8.42 Å². The van der Waals surface area contributed by atoms with Crippen LogP contribution in [0.25, 0.3) is 0 Å². The molecule has 7 nitrogen and oxygen atoms in total. The third-order valence-corrected chi connectivity index (χ3v) is 6.02. The monoisotopic (exact) mass is 313 g/mol. The summed E-state index contributed by atoms with van der Waals surface area (Å²) in [7, 11) is -3.90. The minimum absolute atomic E-state index is 0.0293. The van der Waals surface area contributed by atoms with Gasteiger partial charge in [-0.3, -0.25) is 10.1 Å². The van der Waals surface area contributed by atoms with Gasteiger partial charge in [0.05, 0.1) is 4.92 Å². The van der Waals surface area contributed by atoms with Gasteiger partial charge < -0.3 is 5.73 Å². The summed E-state index contributed by atoms with van der Waals surface area (Å²) in [5.41, 5.74) is 5.85. The van der Waals surface area contributed by atoms with E-state index < -0.39 is 14.9 Å². The first-order valence-electron chi connectivity index (χ1n) is 6.76. The summed E-state index contributed by atoms with van der Waals surface area (Å²) < 4.78 is 27.0. The van der Waals surface area contributed by atoms with E-state index >= 15 is 0 Å². The lowest BCUT2D eigenvalue weighted by Gasteiger charge is -2.35. The molecule has 1 aliphatic rings. The standard InChI is InChI=1S/C13H19N3O4S/c1-9-4-3-5-12(16(17)18)13(9)21(19,20)15-7-6-11(14)8-10(15)2/h3-5,10-11H,6-8,14H2,1-2H3. The van der Waals surface area contributed by atoms with Crippen molar-refractivity contribution in [2.45, 2.75) is 43.7 Å². The van der Waals surface area contributed by atoms with Gasteiger partial charge in [0.2, 0.25) is 10.0 Å². The van der Waals surface area contributed by atoms with Crippen molar-refractivity contribution in [1.82, 2.24) is 4.31 Å². The first-order valence-corrected chi connectivity index (χ1v) is 8.20. The summed E-state index contributed by atoms with van der Waals surface area (Å²) in [6.07, 6.45) is 1.11. The number of nitrogens with zero attached hydrogens (tertiary/aromatic N) is 2. The molecule has 2 N–H and O–H groups in total. The zero-order valence-electron chi connectivity index (χ0n) is 12.0. The number of benzene rings is 1. The molecule has 116 valence electrons. The van der Waals surface area contributed by atoms with Crippen LogP contribution in [0.15, 0.2) is 23.1 Å². The summed E-state index contributed by atoms with van der Waals surface area (Å²) in [6, 6.07) is 3.99. The Morgan fingerprint density at radius 1 is 1.43 bits per heavy atom. The van der Waals surface area contributed by atoms with Crippen molar-refractivity contribution in [3.63, 3.8) is 0 Å². The fraction of sp³-hybridized carbons (Fsp3) is 0.538. The van der Waals surface area contributed by atoms with Crippen molar-refractivity contribution in [2.24, 2.45) is 5.73 Å². The zero-order valence-corrected chi connectivity index (χ0v) is 12.8. The average molecular weight is 313 g/mol. The van der Waals surface area contributed by atoms with E-state index in [9.17, 15) is 18.5 Å². The highest BCUT2D eigenvalue weighted by Gasteiger charge is 2.38. The first-order chi connectivity index (χ1) is 9.75. The van der Waals surface area contributed by atoms with Crippen LogP contribution in [0.4, 0.5) is 5.69 Å². The molecule has 0 aromatic heterocycles. The Labute approximate surface area is 123 Å². The number of rotatable bonds is 3. The number of hydrogen-bond donors (Lipinski definition) is 1. The molecule has 1 aromatic rings. The lowest BCUT2D eigenvalue weighted by molar-refractivity contribution is -0.387. The highest BCUT2D eigenvalue weighted by atomic mass is 32.2. The molecule has 0 amide bonds. The van der Waals surface area contributed by atoms with E-state index in [2.05, 4.69) is 0 Å². The van der Waals surface area contributed by atoms with Crippen molar-refractivity contribution in [3.05, 3.63) is 33.9 Å². The quantitative estimate of drug-likeness (QED) is 0.670. The predicted molar refractivity (Wildman–Crippen MR) is 78.4 cm³/mol. The molecule has 0 radical (unpaired) electrons. The van der Waals surface area contributed by atoms with Crippen molar-refractivity contribution in [1.29, 1.82) is 0 Å². The van der Waals surface area contributed by atoms with Gasteiger partial charge >= 0.3 is 0 Å². The van der Waals surface area contributed by atoms with Gasteiger partial charge in [0.1, 0.15) is 0 Å². The maximum atomic E-state index is 12.8. The third kappa shape index (κ3) is 2.92. The normalized spacial score (nSPS) is 24.0. The van der Waals surface area contributed by atoms with Gasteiger partial charge in [0.25, 0.3) is 5.69 Å². The second-order valence-corrected chi connectivity index (χ2v) is 7.26. The summed E-state index contributed by atoms with van der Waals surface area (Å²) in [5, 5.41) is 11.1. The molecule has 2 unspecified atom stereocenters. The van der Waals surface area contributed by atoms with Crippen LogP contribution in [-0.2, 0) is 10.0 Å². The number of nitrogens with two attached hydrogens (primary N) is 1. The lowest BCUT2D eigenvalue weighted by atomic mass is 10.0. The number of aryl methyl sites for hydroxylation is 1. The van der Waals surface area contributed by atoms with Crippen LogP contribution in [0, 0.1) is 17.0 Å². The molecular weight excluding hydrogens is 294 g/mol. The van der Waals surface area contributed by atoms with Gasteiger partial charge in [0, 0.05) is 24.7 Å². The molecule has 1 saturated heterocycles. The minimum atomic E-state index is -3.90. The van der Waals surface area contributed by atoms with Crippen molar-refractivity contribution in [2.75, 3.05) is 6.54 Å². The second kappa shape index (κ2) is 5.70. The molecule has 0 aliphatic carbocycles. The van der Waals surface area contributed by atoms with Crippen LogP contribution in [0.3, 0.4) is 0 Å². The van der Waals surface area contributed by atoms with E-state index in [1.165, 1.54) is 16.4 Å². The van der Waals surface area contributed by atoms with Crippen LogP contribution in [0.1, 0.15) is 25.3 Å². The van der Waals surface area contributed by atoms with Crippen LogP contribution >= 0.6 is 0 Å². The van der Waals surface area contributed by atoms with Crippen molar-refractivity contribution >= 4 is 15.7 Å². The topological polar surface area (TPSA) is 107 Å². The van der Waals surface area contributed by atoms with Gasteiger partial charge in [0.15, 0.2) is 4.90 Å². The summed E-state index contributed by atoms with van der Waals surface area (Å²) in [5.74, 6) is 0. The van der Waals surface area contributed by atoms with Crippen molar-refractivity contribution in [3.8, 4) is 0 Å². The Bertz CT molecular complexity index is 659. The highest BCUT2D eigenvalue weighted by Crippen LogP contribution is 2.32. The van der Waals surface area contributed by atoms with Gasteiger partial charge in [-0.15, -0.1) is 0 Å². The molecule has 1 fully saturated rings. The average Bonchev–Trinajstić information content (AvgIpc) is 2.37. The number of hydrogen-bond acceptors (Lipinski definition) is 5. The SMILES string of the molecule is Cc1cccc([N+](=O)[O-])c1S(=O)(=O)N1CCC(N)CC1C. The Hall–Kier alpha value is -1.51. The van der Waals surface area contributed by atoms with Crippen LogP contribution < -0.4 is 5.73 Å². The Morgan fingerprint density at radius 3 is 2.67 bits per heavy atom. The number of piperidine rings is 1.